The number of nitrogens with zero attached hydrogens (tertiary/aromatic N) is 1. The van der Waals surface area contributed by atoms with Gasteiger partial charge in [-0.25, -0.2) is 4.98 Å². The van der Waals surface area contributed by atoms with Gasteiger partial charge in [-0.05, 0) is 12.1 Å². The minimum Gasteiger partial charge on any atom is -0.496 e. The van der Waals surface area contributed by atoms with Crippen LogP contribution in [-0.2, 0) is 0 Å². The molecule has 1 aromatic heterocycles. The van der Waals surface area contributed by atoms with Gasteiger partial charge in [-0.15, -0.1) is 0 Å². The van der Waals surface area contributed by atoms with Gasteiger partial charge in [0.15, 0.2) is 0 Å². The van der Waals surface area contributed by atoms with Crippen LogP contribution >= 0.6 is 23.2 Å². The third kappa shape index (κ3) is 1.88. The molecule has 0 bridgehead atoms. The molecule has 2 aromatic rings. The first-order chi connectivity index (χ1) is 7.65. The molecule has 0 fully saturated rings. The van der Waals surface area contributed by atoms with Crippen LogP contribution in [0, 0.1) is 0 Å². The summed E-state index contributed by atoms with van der Waals surface area (Å²) in [7, 11) is 3.11. The van der Waals surface area contributed by atoms with Crippen molar-refractivity contribution in [2.45, 2.75) is 0 Å². The number of aromatic nitrogens is 1. The number of halogens is 2. The Balaban J connectivity index is 2.83. The van der Waals surface area contributed by atoms with Crippen molar-refractivity contribution in [2.24, 2.45) is 0 Å². The molecule has 5 heteroatoms. The summed E-state index contributed by atoms with van der Waals surface area (Å²) in [6.07, 6.45) is 0. The number of benzene rings is 1. The predicted octanol–water partition coefficient (Wildman–Crippen LogP) is 3.56. The van der Waals surface area contributed by atoms with Gasteiger partial charge in [0.05, 0.1) is 30.1 Å². The summed E-state index contributed by atoms with van der Waals surface area (Å²) in [4.78, 5) is 4.25. The van der Waals surface area contributed by atoms with Crippen molar-refractivity contribution < 1.29 is 9.47 Å². The second kappa shape index (κ2) is 4.36. The van der Waals surface area contributed by atoms with Gasteiger partial charge < -0.3 is 9.47 Å². The molecule has 1 heterocycles. The van der Waals surface area contributed by atoms with Crippen molar-refractivity contribution >= 4 is 34.1 Å². The summed E-state index contributed by atoms with van der Waals surface area (Å²) < 4.78 is 10.3. The highest BCUT2D eigenvalue weighted by atomic mass is 35.5. The van der Waals surface area contributed by atoms with Gasteiger partial charge in [-0.3, -0.25) is 0 Å². The van der Waals surface area contributed by atoms with Crippen LogP contribution in [0.2, 0.25) is 10.0 Å². The smallest absolute Gasteiger partial charge is 0.217 e. The molecular weight excluding hydrogens is 249 g/mol. The van der Waals surface area contributed by atoms with Crippen LogP contribution in [0.3, 0.4) is 0 Å². The predicted molar refractivity (Wildman–Crippen MR) is 64.9 cm³/mol. The van der Waals surface area contributed by atoms with E-state index in [0.717, 1.165) is 5.39 Å². The molecule has 16 heavy (non-hydrogen) atoms. The van der Waals surface area contributed by atoms with Crippen molar-refractivity contribution in [1.29, 1.82) is 0 Å². The average Bonchev–Trinajstić information content (AvgIpc) is 2.26. The molecule has 0 amide bonds. The third-order valence-electron chi connectivity index (χ3n) is 2.19. The van der Waals surface area contributed by atoms with E-state index in [0.29, 0.717) is 27.2 Å². The van der Waals surface area contributed by atoms with E-state index in [1.165, 1.54) is 0 Å². The van der Waals surface area contributed by atoms with E-state index in [1.807, 2.05) is 0 Å². The Hall–Kier alpha value is -1.19. The minimum atomic E-state index is 0.461. The fourth-order valence-electron chi connectivity index (χ4n) is 1.49. The standard InChI is InChI=1S/C11H9Cl2NO2/c1-15-9-5-10(16-2)14-8-4-6(12)3-7(13)11(8)9/h3-5H,1-2H3. The van der Waals surface area contributed by atoms with Crippen molar-refractivity contribution in [3.63, 3.8) is 0 Å². The van der Waals surface area contributed by atoms with E-state index >= 15 is 0 Å². The zero-order valence-corrected chi connectivity index (χ0v) is 10.3. The molecule has 0 aliphatic rings. The van der Waals surface area contributed by atoms with Gasteiger partial charge in [0.1, 0.15) is 5.75 Å². The molecular formula is C11H9Cl2NO2. The Morgan fingerprint density at radius 3 is 2.44 bits per heavy atom. The fraction of sp³-hybridized carbons (Fsp3) is 0.182. The molecule has 0 aliphatic heterocycles. The van der Waals surface area contributed by atoms with Crippen LogP contribution < -0.4 is 9.47 Å². The lowest BCUT2D eigenvalue weighted by Crippen LogP contribution is -1.93. The summed E-state index contributed by atoms with van der Waals surface area (Å²) in [5.74, 6) is 1.08. The zero-order valence-electron chi connectivity index (χ0n) is 8.75. The number of rotatable bonds is 2. The Kier molecular flexibility index (Phi) is 3.08. The Labute approximate surface area is 103 Å². The number of ether oxygens (including phenoxy) is 2. The minimum absolute atomic E-state index is 0.461. The second-order valence-electron chi connectivity index (χ2n) is 3.15. The number of hydrogen-bond donors (Lipinski definition) is 0. The van der Waals surface area contributed by atoms with Crippen molar-refractivity contribution in [3.05, 3.63) is 28.2 Å². The number of hydrogen-bond acceptors (Lipinski definition) is 3. The molecule has 0 saturated heterocycles. The van der Waals surface area contributed by atoms with Gasteiger partial charge >= 0.3 is 0 Å². The summed E-state index contributed by atoms with van der Waals surface area (Å²) in [6, 6.07) is 5.05. The Morgan fingerprint density at radius 2 is 1.81 bits per heavy atom. The van der Waals surface area contributed by atoms with Crippen LogP contribution in [0.5, 0.6) is 11.6 Å². The van der Waals surface area contributed by atoms with Crippen LogP contribution in [0.15, 0.2) is 18.2 Å². The van der Waals surface area contributed by atoms with E-state index < -0.39 is 0 Å². The largest absolute Gasteiger partial charge is 0.496 e. The van der Waals surface area contributed by atoms with Crippen molar-refractivity contribution in [2.75, 3.05) is 14.2 Å². The molecule has 0 spiro atoms. The lowest BCUT2D eigenvalue weighted by Gasteiger charge is -2.09. The molecule has 0 unspecified atom stereocenters. The highest BCUT2D eigenvalue weighted by Gasteiger charge is 2.11. The van der Waals surface area contributed by atoms with Gasteiger partial charge in [-0.2, -0.15) is 0 Å². The van der Waals surface area contributed by atoms with Crippen molar-refractivity contribution in [1.82, 2.24) is 4.98 Å². The number of methoxy groups -OCH3 is 2. The van der Waals surface area contributed by atoms with E-state index in [-0.39, 0.29) is 0 Å². The molecule has 0 radical (unpaired) electrons. The zero-order chi connectivity index (χ0) is 11.7. The van der Waals surface area contributed by atoms with E-state index in [4.69, 9.17) is 32.7 Å². The topological polar surface area (TPSA) is 31.4 Å². The van der Waals surface area contributed by atoms with Crippen LogP contribution in [0.25, 0.3) is 10.9 Å². The van der Waals surface area contributed by atoms with Gasteiger partial charge in [0.25, 0.3) is 0 Å². The van der Waals surface area contributed by atoms with Crippen LogP contribution in [0.4, 0.5) is 0 Å². The second-order valence-corrected chi connectivity index (χ2v) is 3.99. The summed E-state index contributed by atoms with van der Waals surface area (Å²) in [5.41, 5.74) is 0.647. The first-order valence-corrected chi connectivity index (χ1v) is 5.29. The number of fused-ring (bicyclic) bond motifs is 1. The maximum Gasteiger partial charge on any atom is 0.217 e. The summed E-state index contributed by atoms with van der Waals surface area (Å²) >= 11 is 12.0. The van der Waals surface area contributed by atoms with Gasteiger partial charge in [0, 0.05) is 11.1 Å². The normalized spacial score (nSPS) is 10.5. The SMILES string of the molecule is COc1cc(OC)c2c(Cl)cc(Cl)cc2n1. The molecule has 0 aliphatic carbocycles. The maximum absolute atomic E-state index is 6.10. The summed E-state index contributed by atoms with van der Waals surface area (Å²) in [6.45, 7) is 0. The van der Waals surface area contributed by atoms with Gasteiger partial charge in [0.2, 0.25) is 5.88 Å². The number of pyridine rings is 1. The first kappa shape index (κ1) is 11.3. The third-order valence-corrected chi connectivity index (χ3v) is 2.71. The maximum atomic E-state index is 6.10. The highest BCUT2D eigenvalue weighted by molar-refractivity contribution is 6.39. The van der Waals surface area contributed by atoms with Crippen LogP contribution in [0.1, 0.15) is 0 Å². The summed E-state index contributed by atoms with van der Waals surface area (Å²) in [5, 5.41) is 1.77. The fourth-order valence-corrected chi connectivity index (χ4v) is 2.07. The molecule has 0 atom stereocenters. The lowest BCUT2D eigenvalue weighted by molar-refractivity contribution is 0.386. The first-order valence-electron chi connectivity index (χ1n) is 4.53. The average molecular weight is 258 g/mol. The quantitative estimate of drug-likeness (QED) is 0.825. The Bertz CT molecular complexity index is 543. The lowest BCUT2D eigenvalue weighted by atomic mass is 10.2. The molecule has 0 saturated carbocycles. The monoisotopic (exact) mass is 257 g/mol. The molecule has 84 valence electrons. The Morgan fingerprint density at radius 1 is 1.06 bits per heavy atom. The molecule has 3 nitrogen and oxygen atoms in total. The van der Waals surface area contributed by atoms with E-state index in [2.05, 4.69) is 4.98 Å². The van der Waals surface area contributed by atoms with Crippen molar-refractivity contribution in [3.8, 4) is 11.6 Å². The molecule has 0 N–H and O–H groups in total. The van der Waals surface area contributed by atoms with Crippen LogP contribution in [-0.4, -0.2) is 19.2 Å². The van der Waals surface area contributed by atoms with E-state index in [9.17, 15) is 0 Å². The molecule has 1 aromatic carbocycles. The molecule has 2 rings (SSSR count). The van der Waals surface area contributed by atoms with E-state index in [1.54, 1.807) is 32.4 Å². The highest BCUT2D eigenvalue weighted by Crippen LogP contribution is 2.35. The van der Waals surface area contributed by atoms with Gasteiger partial charge in [-0.1, -0.05) is 23.2 Å².